The van der Waals surface area contributed by atoms with Gasteiger partial charge in [0.25, 0.3) is 0 Å². The fourth-order valence-electron chi connectivity index (χ4n) is 3.03. The second-order valence-electron chi connectivity index (χ2n) is 5.60. The Hall–Kier alpha value is -1.51. The summed E-state index contributed by atoms with van der Waals surface area (Å²) in [6, 6.07) is 15.1. The predicted octanol–water partition coefficient (Wildman–Crippen LogP) is 4.69. The molecule has 2 nitrogen and oxygen atoms in total. The van der Waals surface area contributed by atoms with E-state index in [0.29, 0.717) is 12.1 Å². The quantitative estimate of drug-likeness (QED) is 0.885. The molecule has 0 aliphatic heterocycles. The maximum atomic E-state index is 5.95. The zero-order valence-electron chi connectivity index (χ0n) is 12.4. The molecule has 0 amide bonds. The molecule has 21 heavy (non-hydrogen) atoms. The van der Waals surface area contributed by atoms with Gasteiger partial charge in [0.1, 0.15) is 5.75 Å². The van der Waals surface area contributed by atoms with E-state index in [4.69, 9.17) is 16.3 Å². The van der Waals surface area contributed by atoms with Crippen LogP contribution in [-0.4, -0.2) is 7.11 Å². The van der Waals surface area contributed by atoms with Crippen molar-refractivity contribution < 1.29 is 4.74 Å². The van der Waals surface area contributed by atoms with Crippen LogP contribution < -0.4 is 10.1 Å². The molecule has 0 bridgehead atoms. The van der Waals surface area contributed by atoms with Crippen molar-refractivity contribution in [3.8, 4) is 5.75 Å². The van der Waals surface area contributed by atoms with Crippen LogP contribution in [0.1, 0.15) is 42.1 Å². The van der Waals surface area contributed by atoms with Crippen molar-refractivity contribution in [3.05, 3.63) is 64.2 Å². The van der Waals surface area contributed by atoms with Crippen molar-refractivity contribution in [2.75, 3.05) is 7.11 Å². The lowest BCUT2D eigenvalue weighted by molar-refractivity contribution is 0.412. The molecule has 110 valence electrons. The molecule has 0 aromatic heterocycles. The number of aryl methyl sites for hydroxylation is 1. The van der Waals surface area contributed by atoms with Gasteiger partial charge in [-0.25, -0.2) is 0 Å². The minimum atomic E-state index is 0.296. The van der Waals surface area contributed by atoms with Crippen LogP contribution in [0.2, 0.25) is 5.02 Å². The highest BCUT2D eigenvalue weighted by molar-refractivity contribution is 6.30. The molecular weight excluding hydrogens is 282 g/mol. The Bertz CT molecular complexity index is 624. The smallest absolute Gasteiger partial charge is 0.119 e. The second kappa shape index (κ2) is 6.08. The number of fused-ring (bicyclic) bond motifs is 1. The molecule has 3 rings (SSSR count). The first-order valence-electron chi connectivity index (χ1n) is 7.35. The van der Waals surface area contributed by atoms with Crippen LogP contribution in [0, 0.1) is 0 Å². The van der Waals surface area contributed by atoms with Crippen molar-refractivity contribution in [1.82, 2.24) is 5.32 Å². The van der Waals surface area contributed by atoms with Crippen LogP contribution in [0.3, 0.4) is 0 Å². The molecule has 2 atom stereocenters. The molecule has 0 saturated heterocycles. The summed E-state index contributed by atoms with van der Waals surface area (Å²) in [6.45, 7) is 2.20. The zero-order chi connectivity index (χ0) is 14.8. The molecule has 1 N–H and O–H groups in total. The van der Waals surface area contributed by atoms with Gasteiger partial charge in [-0.3, -0.25) is 0 Å². The monoisotopic (exact) mass is 301 g/mol. The summed E-state index contributed by atoms with van der Waals surface area (Å²) < 4.78 is 5.35. The minimum Gasteiger partial charge on any atom is -0.497 e. The summed E-state index contributed by atoms with van der Waals surface area (Å²) in [5.41, 5.74) is 4.06. The molecule has 0 saturated carbocycles. The molecule has 0 heterocycles. The zero-order valence-corrected chi connectivity index (χ0v) is 13.2. The highest BCUT2D eigenvalue weighted by Crippen LogP contribution is 2.35. The van der Waals surface area contributed by atoms with Gasteiger partial charge in [-0.05, 0) is 60.7 Å². The second-order valence-corrected chi connectivity index (χ2v) is 6.03. The number of nitrogens with one attached hydrogen (secondary N) is 1. The Morgan fingerprint density at radius 2 is 1.95 bits per heavy atom. The summed E-state index contributed by atoms with van der Waals surface area (Å²) >= 11 is 5.95. The lowest BCUT2D eigenvalue weighted by atomic mass is 10.0. The average Bonchev–Trinajstić information content (AvgIpc) is 2.90. The third-order valence-corrected chi connectivity index (χ3v) is 4.50. The fraction of sp³-hybridized carbons (Fsp3) is 0.333. The third kappa shape index (κ3) is 3.07. The van der Waals surface area contributed by atoms with Crippen LogP contribution in [0.4, 0.5) is 0 Å². The molecule has 0 fully saturated rings. The van der Waals surface area contributed by atoms with Gasteiger partial charge in [-0.1, -0.05) is 29.8 Å². The Labute approximate surface area is 131 Å². The summed E-state index contributed by atoms with van der Waals surface area (Å²) in [7, 11) is 1.72. The number of ether oxygens (including phenoxy) is 1. The lowest BCUT2D eigenvalue weighted by Gasteiger charge is -2.21. The number of halogens is 1. The van der Waals surface area contributed by atoms with Gasteiger partial charge in [0.2, 0.25) is 0 Å². The molecule has 3 heteroatoms. The fourth-order valence-corrected chi connectivity index (χ4v) is 3.16. The summed E-state index contributed by atoms with van der Waals surface area (Å²) in [5.74, 6) is 0.932. The van der Waals surface area contributed by atoms with Crippen LogP contribution in [0.15, 0.2) is 42.5 Å². The van der Waals surface area contributed by atoms with E-state index in [2.05, 4.69) is 36.5 Å². The summed E-state index contributed by atoms with van der Waals surface area (Å²) in [6.07, 6.45) is 2.27. The van der Waals surface area contributed by atoms with Crippen molar-refractivity contribution in [1.29, 1.82) is 0 Å². The first kappa shape index (κ1) is 14.4. The Morgan fingerprint density at radius 3 is 2.67 bits per heavy atom. The number of benzene rings is 2. The van der Waals surface area contributed by atoms with Gasteiger partial charge >= 0.3 is 0 Å². The van der Waals surface area contributed by atoms with E-state index in [0.717, 1.165) is 23.6 Å². The molecule has 1 aliphatic carbocycles. The summed E-state index contributed by atoms with van der Waals surface area (Å²) in [4.78, 5) is 0. The van der Waals surface area contributed by atoms with Crippen molar-refractivity contribution in [3.63, 3.8) is 0 Å². The van der Waals surface area contributed by atoms with Gasteiger partial charge in [-0.2, -0.15) is 0 Å². The first-order valence-corrected chi connectivity index (χ1v) is 7.73. The molecule has 0 spiro atoms. The van der Waals surface area contributed by atoms with Crippen molar-refractivity contribution in [2.24, 2.45) is 0 Å². The molecule has 0 radical (unpaired) electrons. The molecule has 1 unspecified atom stereocenters. The average molecular weight is 302 g/mol. The minimum absolute atomic E-state index is 0.296. The standard InChI is InChI=1S/C18H20ClNO/c1-12(13-3-7-15(19)8-4-13)20-18-10-6-14-5-9-16(21-2)11-17(14)18/h3-5,7-9,11-12,18,20H,6,10H2,1-2H3/t12-,18?/m1/s1. The van der Waals surface area contributed by atoms with Crippen molar-refractivity contribution >= 4 is 11.6 Å². The third-order valence-electron chi connectivity index (χ3n) is 4.25. The Morgan fingerprint density at radius 1 is 1.19 bits per heavy atom. The first-order chi connectivity index (χ1) is 10.2. The van der Waals surface area contributed by atoms with E-state index in [1.807, 2.05) is 18.2 Å². The van der Waals surface area contributed by atoms with Gasteiger partial charge in [-0.15, -0.1) is 0 Å². The number of methoxy groups -OCH3 is 1. The van der Waals surface area contributed by atoms with Gasteiger partial charge in [0.05, 0.1) is 7.11 Å². The number of hydrogen-bond donors (Lipinski definition) is 1. The summed E-state index contributed by atoms with van der Waals surface area (Å²) in [5, 5.41) is 4.50. The Kier molecular flexibility index (Phi) is 4.18. The van der Waals surface area contributed by atoms with Crippen LogP contribution in [-0.2, 0) is 6.42 Å². The van der Waals surface area contributed by atoms with Gasteiger partial charge < -0.3 is 10.1 Å². The van der Waals surface area contributed by atoms with Crippen LogP contribution >= 0.6 is 11.6 Å². The lowest BCUT2D eigenvalue weighted by Crippen LogP contribution is -2.23. The normalized spacial score (nSPS) is 18.3. The van der Waals surface area contributed by atoms with E-state index < -0.39 is 0 Å². The molecule has 1 aliphatic rings. The molecule has 2 aromatic rings. The maximum absolute atomic E-state index is 5.95. The maximum Gasteiger partial charge on any atom is 0.119 e. The largest absolute Gasteiger partial charge is 0.497 e. The molecular formula is C18H20ClNO. The van der Waals surface area contributed by atoms with Crippen molar-refractivity contribution in [2.45, 2.75) is 31.8 Å². The van der Waals surface area contributed by atoms with E-state index in [1.54, 1.807) is 7.11 Å². The Balaban J connectivity index is 1.76. The SMILES string of the molecule is COc1ccc2c(c1)C(N[C@H](C)c1ccc(Cl)cc1)CC2. The van der Waals surface area contributed by atoms with Gasteiger partial charge in [0, 0.05) is 17.1 Å². The van der Waals surface area contributed by atoms with E-state index in [9.17, 15) is 0 Å². The van der Waals surface area contributed by atoms with E-state index in [-0.39, 0.29) is 0 Å². The predicted molar refractivity (Wildman–Crippen MR) is 87.1 cm³/mol. The topological polar surface area (TPSA) is 21.3 Å². The van der Waals surface area contributed by atoms with E-state index in [1.165, 1.54) is 16.7 Å². The highest BCUT2D eigenvalue weighted by Gasteiger charge is 2.24. The van der Waals surface area contributed by atoms with E-state index >= 15 is 0 Å². The van der Waals surface area contributed by atoms with Gasteiger partial charge in [0.15, 0.2) is 0 Å². The van der Waals surface area contributed by atoms with Crippen LogP contribution in [0.25, 0.3) is 0 Å². The number of rotatable bonds is 4. The molecule has 2 aromatic carbocycles. The van der Waals surface area contributed by atoms with Crippen LogP contribution in [0.5, 0.6) is 5.75 Å². The number of hydrogen-bond acceptors (Lipinski definition) is 2. The highest BCUT2D eigenvalue weighted by atomic mass is 35.5.